The van der Waals surface area contributed by atoms with Crippen molar-refractivity contribution in [3.8, 4) is 5.75 Å². The second-order valence-corrected chi connectivity index (χ2v) is 15.0. The van der Waals surface area contributed by atoms with Crippen molar-refractivity contribution in [3.63, 3.8) is 0 Å². The monoisotopic (exact) mass is 626 g/mol. The lowest BCUT2D eigenvalue weighted by molar-refractivity contribution is 0.0460. The standard InChI is InChI=1S/C34H43ClN2O5S/c1-5-22(3)23(4)19-43(40,41)36-33(39)25-10-14-32-30(17-25)37(18-26-9-12-28(26)31(38)6-2)20-34(21-42-32)15-7-8-24-16-27(35)11-13-29(24)34/h5-6,10-11,13-14,16-17,22-23,26,28,31,38H,1-2,7-9,12,15,18-21H2,3-4H3,(H,36,39)/t22-,23+,26+,28-,31+,34+/m1/s1. The van der Waals surface area contributed by atoms with Crippen LogP contribution < -0.4 is 14.4 Å². The van der Waals surface area contributed by atoms with Gasteiger partial charge in [-0.1, -0.05) is 43.7 Å². The number of hydrogen-bond acceptors (Lipinski definition) is 6. The van der Waals surface area contributed by atoms with Gasteiger partial charge in [-0.25, -0.2) is 13.1 Å². The van der Waals surface area contributed by atoms with E-state index >= 15 is 0 Å². The number of aliphatic hydroxyl groups excluding tert-OH is 1. The molecule has 2 aromatic rings. The second kappa shape index (κ2) is 12.7. The largest absolute Gasteiger partial charge is 0.490 e. The molecule has 1 saturated carbocycles. The van der Waals surface area contributed by atoms with Crippen LogP contribution in [-0.2, 0) is 21.9 Å². The molecule has 1 amide bonds. The number of carbonyl (C=O) groups excluding carboxylic acids is 1. The van der Waals surface area contributed by atoms with E-state index in [1.807, 2.05) is 19.9 Å². The summed E-state index contributed by atoms with van der Waals surface area (Å²) in [6, 6.07) is 11.3. The van der Waals surface area contributed by atoms with Crippen LogP contribution in [0, 0.1) is 23.7 Å². The number of allylic oxidation sites excluding steroid dienone is 1. The summed E-state index contributed by atoms with van der Waals surface area (Å²) < 4.78 is 34.5. The van der Waals surface area contributed by atoms with Crippen molar-refractivity contribution < 1.29 is 23.1 Å². The van der Waals surface area contributed by atoms with Gasteiger partial charge in [-0.3, -0.25) is 4.79 Å². The van der Waals surface area contributed by atoms with Crippen LogP contribution in [0.1, 0.15) is 61.0 Å². The summed E-state index contributed by atoms with van der Waals surface area (Å²) in [6.07, 6.45) is 7.60. The lowest BCUT2D eigenvalue weighted by Gasteiger charge is -2.45. The molecule has 0 bridgehead atoms. The fourth-order valence-electron chi connectivity index (χ4n) is 6.96. The maximum atomic E-state index is 13.3. The van der Waals surface area contributed by atoms with E-state index in [0.717, 1.165) is 42.8 Å². The Balaban J connectivity index is 1.47. The molecule has 6 atom stereocenters. The van der Waals surface area contributed by atoms with E-state index in [9.17, 15) is 18.3 Å². The summed E-state index contributed by atoms with van der Waals surface area (Å²) in [4.78, 5) is 15.6. The van der Waals surface area contributed by atoms with Crippen molar-refractivity contribution in [2.24, 2.45) is 23.7 Å². The number of carbonyl (C=O) groups is 1. The Morgan fingerprint density at radius 1 is 1.21 bits per heavy atom. The number of ether oxygens (including phenoxy) is 1. The molecule has 7 nitrogen and oxygen atoms in total. The van der Waals surface area contributed by atoms with Crippen LogP contribution in [0.15, 0.2) is 61.7 Å². The Morgan fingerprint density at radius 2 is 2.00 bits per heavy atom. The highest BCUT2D eigenvalue weighted by atomic mass is 35.5. The van der Waals surface area contributed by atoms with Gasteiger partial charge in [-0.2, -0.15) is 0 Å². The second-order valence-electron chi connectivity index (χ2n) is 12.8. The van der Waals surface area contributed by atoms with Gasteiger partial charge in [0.25, 0.3) is 5.91 Å². The van der Waals surface area contributed by atoms with Crippen LogP contribution in [0.4, 0.5) is 5.69 Å². The third kappa shape index (κ3) is 6.66. The Hall–Kier alpha value is -2.81. The molecule has 232 valence electrons. The zero-order valence-electron chi connectivity index (χ0n) is 25.1. The van der Waals surface area contributed by atoms with Gasteiger partial charge in [0.1, 0.15) is 5.75 Å². The van der Waals surface area contributed by atoms with Crippen LogP contribution in [0.3, 0.4) is 0 Å². The molecule has 0 unspecified atom stereocenters. The highest BCUT2D eigenvalue weighted by Gasteiger charge is 2.44. The highest BCUT2D eigenvalue weighted by Crippen LogP contribution is 2.46. The van der Waals surface area contributed by atoms with Gasteiger partial charge in [-0.05, 0) is 97.2 Å². The van der Waals surface area contributed by atoms with Gasteiger partial charge in [0.05, 0.1) is 24.2 Å². The Labute approximate surface area is 261 Å². The number of hydrogen-bond donors (Lipinski definition) is 2. The van der Waals surface area contributed by atoms with Crippen LogP contribution in [0.2, 0.25) is 5.02 Å². The minimum absolute atomic E-state index is 0.00641. The zero-order chi connectivity index (χ0) is 30.9. The SMILES string of the molecule is C=C[C@@H](C)[C@@H](C)CS(=O)(=O)NC(=O)c1ccc2c(c1)N(C[C@@H]1CC[C@H]1[C@@H](O)C=C)C[C@@]1(CCCc3cc(Cl)ccc31)CO2. The van der Waals surface area contributed by atoms with Gasteiger partial charge >= 0.3 is 0 Å². The molecule has 3 aliphatic rings. The van der Waals surface area contributed by atoms with Crippen LogP contribution in [-0.4, -0.2) is 51.0 Å². The minimum atomic E-state index is -3.86. The van der Waals surface area contributed by atoms with Crippen molar-refractivity contribution >= 4 is 33.2 Å². The Morgan fingerprint density at radius 3 is 2.70 bits per heavy atom. The fraction of sp³-hybridized carbons (Fsp3) is 0.500. The van der Waals surface area contributed by atoms with E-state index < -0.39 is 22.0 Å². The minimum Gasteiger partial charge on any atom is -0.490 e. The van der Waals surface area contributed by atoms with Gasteiger partial charge in [0, 0.05) is 29.1 Å². The molecule has 0 aromatic heterocycles. The highest BCUT2D eigenvalue weighted by molar-refractivity contribution is 7.90. The number of anilines is 1. The molecule has 2 N–H and O–H groups in total. The third-order valence-electron chi connectivity index (χ3n) is 9.91. The quantitative estimate of drug-likeness (QED) is 0.319. The third-order valence-corrected chi connectivity index (χ3v) is 11.6. The van der Waals surface area contributed by atoms with Crippen molar-refractivity contribution in [1.29, 1.82) is 0 Å². The lowest BCUT2D eigenvalue weighted by Crippen LogP contribution is -2.49. The summed E-state index contributed by atoms with van der Waals surface area (Å²) in [7, 11) is -3.86. The number of fused-ring (bicyclic) bond motifs is 3. The van der Waals surface area contributed by atoms with Gasteiger partial charge in [0.15, 0.2) is 0 Å². The number of rotatable bonds is 10. The number of amides is 1. The maximum absolute atomic E-state index is 13.3. The Kier molecular flexibility index (Phi) is 9.31. The van der Waals surface area contributed by atoms with E-state index in [0.29, 0.717) is 25.4 Å². The molecular formula is C34H43ClN2O5S. The fourth-order valence-corrected chi connectivity index (χ4v) is 8.63. The smallest absolute Gasteiger partial charge is 0.264 e. The first-order chi connectivity index (χ1) is 20.4. The normalized spacial score (nSPS) is 25.2. The van der Waals surface area contributed by atoms with Gasteiger partial charge < -0.3 is 14.7 Å². The van der Waals surface area contributed by atoms with Crippen molar-refractivity contribution in [2.45, 2.75) is 57.5 Å². The maximum Gasteiger partial charge on any atom is 0.264 e. The number of nitrogens with one attached hydrogen (secondary N) is 1. The number of sulfonamides is 1. The zero-order valence-corrected chi connectivity index (χ0v) is 26.7. The predicted molar refractivity (Wildman–Crippen MR) is 172 cm³/mol. The first-order valence-corrected chi connectivity index (χ1v) is 17.3. The molecule has 5 rings (SSSR count). The summed E-state index contributed by atoms with van der Waals surface area (Å²) >= 11 is 6.38. The molecule has 9 heteroatoms. The van der Waals surface area contributed by atoms with Crippen LogP contribution in [0.5, 0.6) is 5.75 Å². The molecule has 1 heterocycles. The molecule has 1 spiro atoms. The number of halogens is 1. The molecule has 2 aliphatic carbocycles. The first kappa shape index (κ1) is 31.6. The number of benzene rings is 2. The Bertz CT molecular complexity index is 1490. The molecule has 2 aromatic carbocycles. The molecule has 43 heavy (non-hydrogen) atoms. The molecule has 0 radical (unpaired) electrons. The van der Waals surface area contributed by atoms with Crippen molar-refractivity contribution in [3.05, 3.63) is 83.4 Å². The van der Waals surface area contributed by atoms with E-state index in [2.05, 4.69) is 34.9 Å². The molecule has 1 aliphatic heterocycles. The average Bonchev–Trinajstić information content (AvgIpc) is 3.11. The molecule has 1 fully saturated rings. The van der Waals surface area contributed by atoms with Crippen molar-refractivity contribution in [1.82, 2.24) is 4.72 Å². The molecular weight excluding hydrogens is 584 g/mol. The summed E-state index contributed by atoms with van der Waals surface area (Å²) in [5.41, 5.74) is 3.21. The lowest BCUT2D eigenvalue weighted by atomic mass is 9.68. The first-order valence-electron chi connectivity index (χ1n) is 15.2. The summed E-state index contributed by atoms with van der Waals surface area (Å²) in [5, 5.41) is 11.3. The van der Waals surface area contributed by atoms with E-state index in [1.165, 1.54) is 11.1 Å². The van der Waals surface area contributed by atoms with Crippen molar-refractivity contribution in [2.75, 3.05) is 30.3 Å². The van der Waals surface area contributed by atoms with E-state index in [1.54, 1.807) is 30.4 Å². The summed E-state index contributed by atoms with van der Waals surface area (Å²) in [5.74, 6) is -0.0113. The van der Waals surface area contributed by atoms with E-state index in [4.69, 9.17) is 16.3 Å². The topological polar surface area (TPSA) is 95.9 Å². The average molecular weight is 627 g/mol. The van der Waals surface area contributed by atoms with Gasteiger partial charge in [0.2, 0.25) is 10.0 Å². The van der Waals surface area contributed by atoms with Crippen LogP contribution >= 0.6 is 11.6 Å². The number of aliphatic hydroxyl groups is 1. The number of nitrogens with zero attached hydrogens (tertiary/aromatic N) is 1. The molecule has 0 saturated heterocycles. The van der Waals surface area contributed by atoms with Gasteiger partial charge in [-0.15, -0.1) is 13.2 Å². The summed E-state index contributed by atoms with van der Waals surface area (Å²) in [6.45, 7) is 13.1. The number of aryl methyl sites for hydroxylation is 1. The van der Waals surface area contributed by atoms with Crippen LogP contribution in [0.25, 0.3) is 0 Å². The predicted octanol–water partition coefficient (Wildman–Crippen LogP) is 5.90. The van der Waals surface area contributed by atoms with E-state index in [-0.39, 0.29) is 40.4 Å².